The number of hydrogen-bond donors (Lipinski definition) is 0. The van der Waals surface area contributed by atoms with Crippen molar-refractivity contribution in [3.05, 3.63) is 83.9 Å². The first-order valence-corrected chi connectivity index (χ1v) is 10.5. The van der Waals surface area contributed by atoms with E-state index in [4.69, 9.17) is 4.43 Å². The Morgan fingerprint density at radius 1 is 0.778 bits per heavy atom. The zero-order valence-corrected chi connectivity index (χ0v) is 20.4. The molecule has 0 fully saturated rings. The SMILES string of the molecule is C[Si]OC(C)C.Cc1c[cH-]c2ccccc12.Cc1c[cH-]c2ccccc12.[Zr+2]. The van der Waals surface area contributed by atoms with Crippen molar-refractivity contribution < 1.29 is 30.6 Å². The summed E-state index contributed by atoms with van der Waals surface area (Å²) in [6, 6.07) is 25.5. The van der Waals surface area contributed by atoms with E-state index in [0.717, 1.165) is 0 Å². The normalized spacial score (nSPS) is 10.0. The maximum atomic E-state index is 5.07. The van der Waals surface area contributed by atoms with Gasteiger partial charge in [-0.05, 0) is 20.4 Å². The number of fused-ring (bicyclic) bond motifs is 2. The third kappa shape index (κ3) is 7.33. The van der Waals surface area contributed by atoms with Crippen LogP contribution in [0.1, 0.15) is 25.0 Å². The molecule has 0 heterocycles. The largest absolute Gasteiger partial charge is 2.00 e. The second kappa shape index (κ2) is 12.2. The maximum absolute atomic E-state index is 5.07. The van der Waals surface area contributed by atoms with Gasteiger partial charge in [-0.25, -0.2) is 0 Å². The molecule has 0 aliphatic rings. The quantitative estimate of drug-likeness (QED) is 0.240. The Bertz CT molecular complexity index is 848. The Hall–Kier alpha value is -1.28. The van der Waals surface area contributed by atoms with Gasteiger partial charge >= 0.3 is 26.2 Å². The van der Waals surface area contributed by atoms with E-state index in [-0.39, 0.29) is 26.2 Å². The fourth-order valence-corrected chi connectivity index (χ4v) is 3.32. The van der Waals surface area contributed by atoms with E-state index in [9.17, 15) is 0 Å². The zero-order valence-electron chi connectivity index (χ0n) is 16.9. The van der Waals surface area contributed by atoms with E-state index in [1.54, 1.807) is 0 Å². The Morgan fingerprint density at radius 2 is 1.19 bits per heavy atom. The van der Waals surface area contributed by atoms with E-state index in [2.05, 4.69) is 86.6 Å². The van der Waals surface area contributed by atoms with Crippen molar-refractivity contribution in [2.24, 2.45) is 0 Å². The van der Waals surface area contributed by atoms with Crippen LogP contribution in [-0.4, -0.2) is 15.9 Å². The van der Waals surface area contributed by atoms with Gasteiger partial charge < -0.3 is 4.43 Å². The van der Waals surface area contributed by atoms with Crippen molar-refractivity contribution in [1.82, 2.24) is 0 Å². The summed E-state index contributed by atoms with van der Waals surface area (Å²) in [7, 11) is 0.638. The van der Waals surface area contributed by atoms with Crippen LogP contribution >= 0.6 is 0 Å². The fraction of sp³-hybridized carbons (Fsp3) is 0.250. The van der Waals surface area contributed by atoms with Crippen molar-refractivity contribution in [2.45, 2.75) is 40.3 Å². The molecule has 1 nitrogen and oxygen atoms in total. The van der Waals surface area contributed by atoms with Crippen LogP contribution in [0, 0.1) is 13.8 Å². The van der Waals surface area contributed by atoms with Crippen LogP contribution in [0.4, 0.5) is 0 Å². The average molecular weight is 452 g/mol. The first-order valence-electron chi connectivity index (χ1n) is 9.07. The molecule has 4 aromatic carbocycles. The minimum atomic E-state index is 0. The van der Waals surface area contributed by atoms with E-state index < -0.39 is 0 Å². The Labute approximate surface area is 185 Å². The van der Waals surface area contributed by atoms with E-state index in [1.165, 1.54) is 32.7 Å². The van der Waals surface area contributed by atoms with Crippen LogP contribution in [0.2, 0.25) is 6.55 Å². The minimum Gasteiger partial charge on any atom is -0.415 e. The van der Waals surface area contributed by atoms with Gasteiger partial charge in [0, 0.05) is 6.10 Å². The van der Waals surface area contributed by atoms with Gasteiger partial charge in [-0.3, -0.25) is 0 Å². The summed E-state index contributed by atoms with van der Waals surface area (Å²) in [5.41, 5.74) is 2.74. The summed E-state index contributed by atoms with van der Waals surface area (Å²) in [4.78, 5) is 0. The molecule has 0 spiro atoms. The monoisotopic (exact) mass is 450 g/mol. The van der Waals surface area contributed by atoms with Crippen molar-refractivity contribution in [3.8, 4) is 0 Å². The van der Waals surface area contributed by atoms with Crippen LogP contribution < -0.4 is 0 Å². The second-order valence-electron chi connectivity index (χ2n) is 6.58. The average Bonchev–Trinajstić information content (AvgIpc) is 3.20. The van der Waals surface area contributed by atoms with Gasteiger partial charge in [0.25, 0.3) is 0 Å². The van der Waals surface area contributed by atoms with Gasteiger partial charge in [-0.15, -0.1) is 70.1 Å². The van der Waals surface area contributed by atoms with Gasteiger partial charge in [0.15, 0.2) is 0 Å². The molecule has 138 valence electrons. The van der Waals surface area contributed by atoms with Gasteiger partial charge in [0.05, 0.1) is 0 Å². The molecule has 0 aliphatic carbocycles. The summed E-state index contributed by atoms with van der Waals surface area (Å²) in [6.45, 7) is 10.4. The first-order chi connectivity index (χ1) is 12.5. The molecule has 0 atom stereocenters. The molecular weight excluding hydrogens is 424 g/mol. The molecule has 2 radical (unpaired) electrons. The van der Waals surface area contributed by atoms with Crippen molar-refractivity contribution in [2.75, 3.05) is 0 Å². The first kappa shape index (κ1) is 23.8. The maximum Gasteiger partial charge on any atom is 2.00 e. The van der Waals surface area contributed by atoms with Gasteiger partial charge in [-0.2, -0.15) is 23.3 Å². The third-order valence-corrected chi connectivity index (χ3v) is 4.86. The van der Waals surface area contributed by atoms with E-state index >= 15 is 0 Å². The predicted molar refractivity (Wildman–Crippen MR) is 116 cm³/mol. The smallest absolute Gasteiger partial charge is 0.415 e. The Morgan fingerprint density at radius 3 is 1.48 bits per heavy atom. The summed E-state index contributed by atoms with van der Waals surface area (Å²) in [6.07, 6.45) is 0.410. The topological polar surface area (TPSA) is 9.23 Å². The van der Waals surface area contributed by atoms with Crippen LogP contribution in [-0.2, 0) is 30.6 Å². The predicted octanol–water partition coefficient (Wildman–Crippen LogP) is 6.81. The molecular formula is C24H28OSiZr. The van der Waals surface area contributed by atoms with Gasteiger partial charge in [0.2, 0.25) is 9.76 Å². The summed E-state index contributed by atoms with van der Waals surface area (Å²) in [5, 5.41) is 5.45. The third-order valence-electron chi connectivity index (χ3n) is 4.15. The van der Waals surface area contributed by atoms with Crippen molar-refractivity contribution in [3.63, 3.8) is 0 Å². The van der Waals surface area contributed by atoms with Gasteiger partial charge in [0.1, 0.15) is 0 Å². The van der Waals surface area contributed by atoms with E-state index in [1.807, 2.05) is 20.4 Å². The molecule has 3 heteroatoms. The van der Waals surface area contributed by atoms with Crippen molar-refractivity contribution in [1.29, 1.82) is 0 Å². The molecule has 0 saturated carbocycles. The molecule has 0 aliphatic heterocycles. The standard InChI is InChI=1S/2C10H9.C4H10OSi.Zr/c2*1-8-6-7-9-4-2-3-5-10(8)9;1-4(2)5-6-3;/h2*2-7H,1H3;4H,1-3H3;/q2*-1;;+2. The van der Waals surface area contributed by atoms with Crippen LogP contribution in [0.3, 0.4) is 0 Å². The number of rotatable bonds is 2. The summed E-state index contributed by atoms with van der Waals surface area (Å²) in [5.74, 6) is 0. The molecule has 0 amide bonds. The summed E-state index contributed by atoms with van der Waals surface area (Å²) >= 11 is 0. The molecule has 0 N–H and O–H groups in total. The van der Waals surface area contributed by atoms with Crippen LogP contribution in [0.15, 0.2) is 72.8 Å². The fourth-order valence-electron chi connectivity index (χ4n) is 2.85. The molecule has 0 unspecified atom stereocenters. The van der Waals surface area contributed by atoms with Crippen molar-refractivity contribution >= 4 is 31.3 Å². The number of aryl methyl sites for hydroxylation is 2. The number of hydrogen-bond acceptors (Lipinski definition) is 1. The second-order valence-corrected chi connectivity index (χ2v) is 7.22. The van der Waals surface area contributed by atoms with E-state index in [0.29, 0.717) is 15.9 Å². The number of benzene rings is 2. The summed E-state index contributed by atoms with van der Waals surface area (Å²) < 4.78 is 5.07. The Balaban J connectivity index is 0.000000207. The van der Waals surface area contributed by atoms with Crippen LogP contribution in [0.5, 0.6) is 0 Å². The van der Waals surface area contributed by atoms with Crippen LogP contribution in [0.25, 0.3) is 21.5 Å². The minimum absolute atomic E-state index is 0. The molecule has 4 rings (SSSR count). The molecule has 0 aromatic heterocycles. The Kier molecular flexibility index (Phi) is 10.8. The zero-order chi connectivity index (χ0) is 18.9. The van der Waals surface area contributed by atoms with Gasteiger partial charge in [-0.1, -0.05) is 26.0 Å². The molecule has 0 saturated heterocycles. The molecule has 0 bridgehead atoms. The molecule has 27 heavy (non-hydrogen) atoms. The molecule has 4 aromatic rings.